The summed E-state index contributed by atoms with van der Waals surface area (Å²) >= 11 is 0. The molecular weight excluding hydrogens is 556 g/mol. The third-order valence-electron chi connectivity index (χ3n) is 7.25. The molecule has 3 amide bonds. The van der Waals surface area contributed by atoms with Crippen LogP contribution in [0.25, 0.3) is 11.1 Å². The minimum absolute atomic E-state index is 0.0657. The summed E-state index contributed by atoms with van der Waals surface area (Å²) in [6, 6.07) is 11.2. The average molecular weight is 589 g/mol. The fourth-order valence-electron chi connectivity index (χ4n) is 5.40. The van der Waals surface area contributed by atoms with Crippen LogP contribution in [0.1, 0.15) is 30.5 Å². The van der Waals surface area contributed by atoms with Gasteiger partial charge in [0.1, 0.15) is 5.75 Å². The lowest BCUT2D eigenvalue weighted by atomic mass is 9.95. The third-order valence-corrected chi connectivity index (χ3v) is 7.25. The number of methoxy groups -OCH3 is 3. The van der Waals surface area contributed by atoms with E-state index in [4.69, 9.17) is 18.9 Å². The fourth-order valence-corrected chi connectivity index (χ4v) is 5.40. The Balaban J connectivity index is 1.47. The first-order valence-corrected chi connectivity index (χ1v) is 13.6. The molecule has 43 heavy (non-hydrogen) atoms. The van der Waals surface area contributed by atoms with Gasteiger partial charge in [0, 0.05) is 18.2 Å². The number of ether oxygens (including phenoxy) is 4. The summed E-state index contributed by atoms with van der Waals surface area (Å²) in [5.74, 6) is 0.946. The number of rotatable bonds is 8. The van der Waals surface area contributed by atoms with Crippen LogP contribution in [0.15, 0.2) is 47.3 Å². The number of fused-ring (bicyclic) bond motifs is 4. The third kappa shape index (κ3) is 6.03. The molecule has 0 saturated heterocycles. The number of benzene rings is 2. The SMILES string of the molecule is COc1cc2c(c(OC)c1OC)-c1ccc(NCC(=O)Nc3ccc4c(c3)NC(=O)CO4)c(=O)cc1C(NC(C)=O)CC2. The molecule has 12 nitrogen and oxygen atoms in total. The smallest absolute Gasteiger partial charge is 0.262 e. The summed E-state index contributed by atoms with van der Waals surface area (Å²) in [6.45, 7) is 1.16. The molecule has 1 aliphatic heterocycles. The van der Waals surface area contributed by atoms with Gasteiger partial charge in [0.05, 0.1) is 45.3 Å². The molecule has 0 spiro atoms. The van der Waals surface area contributed by atoms with Crippen LogP contribution in [-0.4, -0.2) is 52.2 Å². The highest BCUT2D eigenvalue weighted by molar-refractivity contribution is 5.98. The van der Waals surface area contributed by atoms with E-state index in [1.54, 1.807) is 37.4 Å². The van der Waals surface area contributed by atoms with E-state index >= 15 is 0 Å². The first kappa shape index (κ1) is 29.2. The molecule has 1 aliphatic carbocycles. The van der Waals surface area contributed by atoms with Crippen molar-refractivity contribution in [1.29, 1.82) is 0 Å². The largest absolute Gasteiger partial charge is 0.493 e. The van der Waals surface area contributed by atoms with E-state index in [2.05, 4.69) is 21.3 Å². The van der Waals surface area contributed by atoms with Gasteiger partial charge in [0.2, 0.25) is 23.0 Å². The van der Waals surface area contributed by atoms with Crippen molar-refractivity contribution in [3.63, 3.8) is 0 Å². The summed E-state index contributed by atoms with van der Waals surface area (Å²) < 4.78 is 22.3. The molecule has 5 rings (SSSR count). The lowest BCUT2D eigenvalue weighted by molar-refractivity contribution is -0.120. The zero-order valence-electron chi connectivity index (χ0n) is 24.2. The predicted molar refractivity (Wildman–Crippen MR) is 160 cm³/mol. The van der Waals surface area contributed by atoms with Crippen LogP contribution >= 0.6 is 0 Å². The second-order valence-corrected chi connectivity index (χ2v) is 10.0. The van der Waals surface area contributed by atoms with Gasteiger partial charge in [-0.2, -0.15) is 0 Å². The summed E-state index contributed by atoms with van der Waals surface area (Å²) in [6.07, 6.45) is 1.10. The Morgan fingerprint density at radius 2 is 1.79 bits per heavy atom. The lowest BCUT2D eigenvalue weighted by Crippen LogP contribution is -2.27. The number of nitrogens with one attached hydrogen (secondary N) is 4. The Bertz CT molecular complexity index is 1670. The van der Waals surface area contributed by atoms with Crippen LogP contribution in [0.2, 0.25) is 0 Å². The number of carbonyl (C=O) groups excluding carboxylic acids is 3. The number of carbonyl (C=O) groups is 3. The molecule has 1 unspecified atom stereocenters. The van der Waals surface area contributed by atoms with E-state index < -0.39 is 11.9 Å². The molecule has 1 atom stereocenters. The molecule has 12 heteroatoms. The number of hydrogen-bond donors (Lipinski definition) is 4. The van der Waals surface area contributed by atoms with E-state index in [9.17, 15) is 19.2 Å². The average Bonchev–Trinajstić information content (AvgIpc) is 3.23. The monoisotopic (exact) mass is 588 g/mol. The van der Waals surface area contributed by atoms with Gasteiger partial charge < -0.3 is 40.2 Å². The number of hydrogen-bond acceptors (Lipinski definition) is 9. The zero-order valence-corrected chi connectivity index (χ0v) is 24.2. The first-order valence-electron chi connectivity index (χ1n) is 13.6. The van der Waals surface area contributed by atoms with E-state index in [0.29, 0.717) is 58.3 Å². The lowest BCUT2D eigenvalue weighted by Gasteiger charge is -2.19. The van der Waals surface area contributed by atoms with Gasteiger partial charge in [-0.05, 0) is 65.9 Å². The maximum Gasteiger partial charge on any atom is 0.262 e. The number of amides is 3. The molecule has 2 aliphatic rings. The molecule has 1 heterocycles. The van der Waals surface area contributed by atoms with E-state index in [1.165, 1.54) is 27.2 Å². The topological polar surface area (TPSA) is 153 Å². The molecule has 4 N–H and O–H groups in total. The van der Waals surface area contributed by atoms with Crippen molar-refractivity contribution in [2.75, 3.05) is 50.4 Å². The van der Waals surface area contributed by atoms with Crippen molar-refractivity contribution in [3.8, 4) is 34.1 Å². The summed E-state index contributed by atoms with van der Waals surface area (Å²) in [7, 11) is 4.60. The van der Waals surface area contributed by atoms with Gasteiger partial charge in [-0.3, -0.25) is 19.2 Å². The molecule has 3 aromatic rings. The molecule has 3 aromatic carbocycles. The normalized spacial score (nSPS) is 14.8. The van der Waals surface area contributed by atoms with Crippen LogP contribution in [0.4, 0.5) is 17.1 Å². The van der Waals surface area contributed by atoms with Gasteiger partial charge in [0.15, 0.2) is 18.1 Å². The molecule has 0 bridgehead atoms. The molecule has 0 radical (unpaired) electrons. The Kier molecular flexibility index (Phi) is 8.37. The zero-order chi connectivity index (χ0) is 30.7. The van der Waals surface area contributed by atoms with Crippen LogP contribution in [-0.2, 0) is 20.8 Å². The van der Waals surface area contributed by atoms with Crippen molar-refractivity contribution < 1.29 is 33.3 Å². The quantitative estimate of drug-likeness (QED) is 0.311. The van der Waals surface area contributed by atoms with Crippen LogP contribution in [0, 0.1) is 0 Å². The minimum Gasteiger partial charge on any atom is -0.493 e. The summed E-state index contributed by atoms with van der Waals surface area (Å²) in [5, 5.41) is 11.3. The molecule has 224 valence electrons. The predicted octanol–water partition coefficient (Wildman–Crippen LogP) is 3.24. The summed E-state index contributed by atoms with van der Waals surface area (Å²) in [4.78, 5) is 50.0. The Morgan fingerprint density at radius 3 is 2.51 bits per heavy atom. The number of aryl methyl sites for hydroxylation is 1. The Labute approximate surface area is 247 Å². The fraction of sp³-hybridized carbons (Fsp3) is 0.290. The standard InChI is InChI=1S/C31H32N4O8/c1-16(36)33-21-8-5-17-11-26(40-2)30(41-3)31(42-4)29(17)19-7-9-22(24(37)13-20(19)21)32-14-27(38)34-18-6-10-25-23(12-18)35-28(39)15-43-25/h6-7,9-13,21H,5,8,14-15H2,1-4H3,(H,32,37)(H,33,36)(H,34,38)(H,35,39). The molecular formula is C31H32N4O8. The van der Waals surface area contributed by atoms with Crippen molar-refractivity contribution >= 4 is 34.8 Å². The van der Waals surface area contributed by atoms with Crippen LogP contribution < -0.4 is 45.6 Å². The minimum atomic E-state index is -0.452. The summed E-state index contributed by atoms with van der Waals surface area (Å²) in [5.41, 5.74) is 3.66. The number of anilines is 3. The van der Waals surface area contributed by atoms with Crippen molar-refractivity contribution in [2.45, 2.75) is 25.8 Å². The van der Waals surface area contributed by atoms with E-state index in [-0.39, 0.29) is 36.1 Å². The Morgan fingerprint density at radius 1 is 1.00 bits per heavy atom. The maximum atomic E-state index is 13.4. The highest BCUT2D eigenvalue weighted by atomic mass is 16.5. The van der Waals surface area contributed by atoms with Crippen molar-refractivity contribution in [1.82, 2.24) is 5.32 Å². The van der Waals surface area contributed by atoms with Gasteiger partial charge >= 0.3 is 0 Å². The molecule has 0 fully saturated rings. The second kappa shape index (κ2) is 12.3. The van der Waals surface area contributed by atoms with Crippen LogP contribution in [0.3, 0.4) is 0 Å². The van der Waals surface area contributed by atoms with E-state index in [1.807, 2.05) is 6.07 Å². The van der Waals surface area contributed by atoms with Gasteiger partial charge in [-0.15, -0.1) is 0 Å². The van der Waals surface area contributed by atoms with Crippen LogP contribution in [0.5, 0.6) is 23.0 Å². The van der Waals surface area contributed by atoms with Crippen molar-refractivity contribution in [2.24, 2.45) is 0 Å². The Hall–Kier alpha value is -5.26. The highest BCUT2D eigenvalue weighted by Gasteiger charge is 2.29. The highest BCUT2D eigenvalue weighted by Crippen LogP contribution is 2.50. The molecule has 0 saturated carbocycles. The van der Waals surface area contributed by atoms with Gasteiger partial charge in [0.25, 0.3) is 5.91 Å². The van der Waals surface area contributed by atoms with Crippen molar-refractivity contribution in [3.05, 3.63) is 63.8 Å². The maximum absolute atomic E-state index is 13.4. The second-order valence-electron chi connectivity index (χ2n) is 10.0. The first-order chi connectivity index (χ1) is 20.7. The molecule has 0 aromatic heterocycles. The van der Waals surface area contributed by atoms with Gasteiger partial charge in [-0.25, -0.2) is 0 Å². The van der Waals surface area contributed by atoms with Gasteiger partial charge in [-0.1, -0.05) is 6.07 Å². The van der Waals surface area contributed by atoms with E-state index in [0.717, 1.165) is 11.1 Å².